The highest BCUT2D eigenvalue weighted by Crippen LogP contribution is 2.50. The summed E-state index contributed by atoms with van der Waals surface area (Å²) in [4.78, 5) is 4.57. The molecule has 0 aliphatic carbocycles. The van der Waals surface area contributed by atoms with Crippen LogP contribution in [0.5, 0.6) is 0 Å². The quantitative estimate of drug-likeness (QED) is 0.270. The summed E-state index contributed by atoms with van der Waals surface area (Å²) >= 11 is 0. The summed E-state index contributed by atoms with van der Waals surface area (Å²) < 4.78 is 0. The van der Waals surface area contributed by atoms with Crippen LogP contribution >= 0.6 is 0 Å². The van der Waals surface area contributed by atoms with Crippen molar-refractivity contribution in [1.29, 1.82) is 0 Å². The normalized spacial score (nSPS) is 10.9. The van der Waals surface area contributed by atoms with Gasteiger partial charge in [-0.05, 0) is 56.0 Å². The van der Waals surface area contributed by atoms with Crippen LogP contribution in [0.4, 0.5) is 0 Å². The number of rotatable bonds is 4. The van der Waals surface area contributed by atoms with E-state index in [2.05, 4.69) is 132 Å². The topological polar surface area (TPSA) is 12.9 Å². The van der Waals surface area contributed by atoms with E-state index in [9.17, 15) is 0 Å². The summed E-state index contributed by atoms with van der Waals surface area (Å²) in [6.45, 7) is 0. The van der Waals surface area contributed by atoms with Crippen LogP contribution in [0.1, 0.15) is 0 Å². The first-order valence-corrected chi connectivity index (χ1v) is 11.6. The summed E-state index contributed by atoms with van der Waals surface area (Å²) in [6.07, 6.45) is 3.92. The Morgan fingerprint density at radius 3 is 1.09 bits per heavy atom. The van der Waals surface area contributed by atoms with E-state index in [4.69, 9.17) is 0 Å². The minimum Gasteiger partial charge on any atom is -0.264 e. The lowest BCUT2D eigenvalue weighted by Crippen LogP contribution is -1.97. The number of hydrogen-bond donors (Lipinski definition) is 0. The van der Waals surface area contributed by atoms with Crippen LogP contribution in [0.25, 0.3) is 55.3 Å². The van der Waals surface area contributed by atoms with Crippen molar-refractivity contribution >= 4 is 10.8 Å². The van der Waals surface area contributed by atoms with E-state index in [1.54, 1.807) is 0 Å². The second kappa shape index (κ2) is 8.80. The van der Waals surface area contributed by atoms with Gasteiger partial charge in [0.05, 0.1) is 0 Å². The predicted octanol–water partition coefficient (Wildman–Crippen LogP) is 8.90. The molecule has 6 aromatic rings. The average Bonchev–Trinajstić information content (AvgIpc) is 2.93. The molecule has 0 amide bonds. The van der Waals surface area contributed by atoms with Crippen LogP contribution in [0, 0.1) is 0 Å². The van der Waals surface area contributed by atoms with Gasteiger partial charge in [0.2, 0.25) is 0 Å². The van der Waals surface area contributed by atoms with Gasteiger partial charge >= 0.3 is 0 Å². The molecule has 6 rings (SSSR count). The molecule has 34 heavy (non-hydrogen) atoms. The van der Waals surface area contributed by atoms with Gasteiger partial charge < -0.3 is 0 Å². The molecule has 0 bridgehead atoms. The lowest BCUT2D eigenvalue weighted by atomic mass is 9.79. The minimum absolute atomic E-state index is 1.16. The molecule has 160 valence electrons. The molecular formula is C33H23N. The smallest absolute Gasteiger partial charge is 0.0353 e. The number of pyridine rings is 1. The monoisotopic (exact) mass is 433 g/mol. The molecule has 0 saturated carbocycles. The van der Waals surface area contributed by atoms with E-state index in [0.717, 1.165) is 5.39 Å². The fraction of sp³-hybridized carbons (Fsp3) is 0. The molecule has 0 fully saturated rings. The molecule has 1 nitrogen and oxygen atoms in total. The molecule has 0 unspecified atom stereocenters. The van der Waals surface area contributed by atoms with E-state index in [1.807, 2.05) is 12.4 Å². The maximum Gasteiger partial charge on any atom is 0.0353 e. The van der Waals surface area contributed by atoms with Crippen LogP contribution in [0.2, 0.25) is 0 Å². The Morgan fingerprint density at radius 2 is 0.676 bits per heavy atom. The van der Waals surface area contributed by atoms with Crippen molar-refractivity contribution in [2.24, 2.45) is 0 Å². The summed E-state index contributed by atoms with van der Waals surface area (Å²) in [7, 11) is 0. The van der Waals surface area contributed by atoms with E-state index in [-0.39, 0.29) is 0 Å². The van der Waals surface area contributed by atoms with Crippen molar-refractivity contribution in [3.05, 3.63) is 140 Å². The first-order chi connectivity index (χ1) is 16.9. The van der Waals surface area contributed by atoms with E-state index >= 15 is 0 Å². The first kappa shape index (κ1) is 20.1. The van der Waals surface area contributed by atoms with Gasteiger partial charge in [-0.15, -0.1) is 0 Å². The van der Waals surface area contributed by atoms with Crippen molar-refractivity contribution in [3.8, 4) is 44.5 Å². The van der Waals surface area contributed by atoms with E-state index in [1.165, 1.54) is 49.9 Å². The van der Waals surface area contributed by atoms with Gasteiger partial charge in [-0.3, -0.25) is 4.98 Å². The number of nitrogens with zero attached hydrogens (tertiary/aromatic N) is 1. The molecule has 0 spiro atoms. The summed E-state index contributed by atoms with van der Waals surface area (Å²) in [5.41, 5.74) is 9.73. The summed E-state index contributed by atoms with van der Waals surface area (Å²) in [6, 6.07) is 45.1. The largest absolute Gasteiger partial charge is 0.264 e. The molecule has 1 heterocycles. The Kier molecular flexibility index (Phi) is 5.21. The molecule has 0 aliphatic heterocycles. The van der Waals surface area contributed by atoms with Crippen molar-refractivity contribution in [3.63, 3.8) is 0 Å². The Labute approximate surface area is 200 Å². The third-order valence-electron chi connectivity index (χ3n) is 6.36. The Bertz CT molecular complexity index is 1430. The molecule has 5 aromatic carbocycles. The van der Waals surface area contributed by atoms with Gasteiger partial charge in [-0.1, -0.05) is 121 Å². The summed E-state index contributed by atoms with van der Waals surface area (Å²) in [5.74, 6) is 0. The van der Waals surface area contributed by atoms with Crippen LogP contribution < -0.4 is 0 Å². The highest BCUT2D eigenvalue weighted by Gasteiger charge is 2.23. The van der Waals surface area contributed by atoms with Gasteiger partial charge in [0, 0.05) is 17.8 Å². The Balaban J connectivity index is 1.90. The third-order valence-corrected chi connectivity index (χ3v) is 6.36. The molecule has 0 N–H and O–H groups in total. The lowest BCUT2D eigenvalue weighted by molar-refractivity contribution is 1.36. The number of aromatic nitrogens is 1. The van der Waals surface area contributed by atoms with Gasteiger partial charge in [-0.2, -0.15) is 0 Å². The van der Waals surface area contributed by atoms with Crippen molar-refractivity contribution in [1.82, 2.24) is 4.98 Å². The van der Waals surface area contributed by atoms with Gasteiger partial charge in [0.1, 0.15) is 0 Å². The van der Waals surface area contributed by atoms with Crippen molar-refractivity contribution in [2.75, 3.05) is 0 Å². The SMILES string of the molecule is c1ccc(-c2c(-c3ccccc3)c(-c3ccccc3)c3cnccc3c2-c2ccccc2)cc1. The van der Waals surface area contributed by atoms with Crippen LogP contribution in [-0.4, -0.2) is 4.98 Å². The molecule has 0 atom stereocenters. The van der Waals surface area contributed by atoms with E-state index in [0.29, 0.717) is 0 Å². The Morgan fingerprint density at radius 1 is 0.324 bits per heavy atom. The van der Waals surface area contributed by atoms with Crippen LogP contribution in [0.15, 0.2) is 140 Å². The molecule has 0 saturated heterocycles. The molecule has 1 heteroatoms. The van der Waals surface area contributed by atoms with Gasteiger partial charge in [-0.25, -0.2) is 0 Å². The van der Waals surface area contributed by atoms with Crippen LogP contribution in [-0.2, 0) is 0 Å². The predicted molar refractivity (Wildman–Crippen MR) is 143 cm³/mol. The highest BCUT2D eigenvalue weighted by atomic mass is 14.6. The second-order valence-corrected chi connectivity index (χ2v) is 8.39. The van der Waals surface area contributed by atoms with E-state index < -0.39 is 0 Å². The fourth-order valence-corrected chi connectivity index (χ4v) is 4.93. The first-order valence-electron chi connectivity index (χ1n) is 11.6. The maximum absolute atomic E-state index is 4.57. The second-order valence-electron chi connectivity index (χ2n) is 8.39. The van der Waals surface area contributed by atoms with Crippen molar-refractivity contribution < 1.29 is 0 Å². The maximum atomic E-state index is 4.57. The molecule has 0 aliphatic rings. The average molecular weight is 434 g/mol. The number of benzene rings is 5. The lowest BCUT2D eigenvalue weighted by Gasteiger charge is -2.24. The highest BCUT2D eigenvalue weighted by molar-refractivity contribution is 6.17. The zero-order valence-electron chi connectivity index (χ0n) is 18.7. The standard InChI is InChI=1S/C33H23N/c1-5-13-24(14-6-1)30-28-21-22-34-23-29(28)31(25-15-7-2-8-16-25)33(27-19-11-4-12-20-27)32(30)26-17-9-3-10-18-26/h1-23H. The number of fused-ring (bicyclic) bond motifs is 1. The van der Waals surface area contributed by atoms with Gasteiger partial charge in [0.15, 0.2) is 0 Å². The fourth-order valence-electron chi connectivity index (χ4n) is 4.93. The van der Waals surface area contributed by atoms with Crippen molar-refractivity contribution in [2.45, 2.75) is 0 Å². The number of hydrogen-bond acceptors (Lipinski definition) is 1. The zero-order valence-corrected chi connectivity index (χ0v) is 18.7. The van der Waals surface area contributed by atoms with Gasteiger partial charge in [0.25, 0.3) is 0 Å². The zero-order chi connectivity index (χ0) is 22.7. The molecule has 1 aromatic heterocycles. The molecule has 0 radical (unpaired) electrons. The third kappa shape index (κ3) is 3.48. The molecular weight excluding hydrogens is 410 g/mol. The Hall–Kier alpha value is -4.49. The summed E-state index contributed by atoms with van der Waals surface area (Å²) in [5, 5.41) is 2.37. The minimum atomic E-state index is 1.16. The van der Waals surface area contributed by atoms with Crippen LogP contribution in [0.3, 0.4) is 0 Å².